The van der Waals surface area contributed by atoms with Crippen LogP contribution in [0.25, 0.3) is 0 Å². The minimum Gasteiger partial charge on any atom is -0.508 e. The first kappa shape index (κ1) is 26.8. The summed E-state index contributed by atoms with van der Waals surface area (Å²) in [5.41, 5.74) is 2.96. The lowest BCUT2D eigenvalue weighted by Crippen LogP contribution is -2.20. The van der Waals surface area contributed by atoms with Crippen LogP contribution in [0, 0.1) is 0 Å². The maximum Gasteiger partial charge on any atom is 0.160 e. The Hall–Kier alpha value is -4.76. The van der Waals surface area contributed by atoms with Crippen LogP contribution in [0.4, 0.5) is 0 Å². The lowest BCUT2D eigenvalue weighted by atomic mass is 9.74. The Morgan fingerprint density at radius 2 is 1.20 bits per heavy atom. The third-order valence-electron chi connectivity index (χ3n) is 7.58. The molecule has 4 atom stereocenters. The normalized spacial score (nSPS) is 18.7. The van der Waals surface area contributed by atoms with E-state index in [2.05, 4.69) is 0 Å². The van der Waals surface area contributed by atoms with Crippen LogP contribution in [-0.2, 0) is 4.74 Å². The van der Waals surface area contributed by atoms with Crippen LogP contribution in [-0.4, -0.2) is 52.0 Å². The Balaban J connectivity index is 1.82. The van der Waals surface area contributed by atoms with Gasteiger partial charge in [-0.3, -0.25) is 0 Å². The zero-order chi connectivity index (χ0) is 28.7. The zero-order valence-corrected chi connectivity index (χ0v) is 22.1. The van der Waals surface area contributed by atoms with E-state index in [1.54, 1.807) is 30.3 Å². The SMILES string of the molecule is COc1cc(C(OC)C2c3cc(O)cc(O)c3C(c3ccc(O)c(OC)c3)C2c2cc(O)cc(O)c2)ccc1O. The zero-order valence-electron chi connectivity index (χ0n) is 22.1. The van der Waals surface area contributed by atoms with Crippen molar-refractivity contribution in [2.75, 3.05) is 21.3 Å². The highest BCUT2D eigenvalue weighted by molar-refractivity contribution is 5.62. The van der Waals surface area contributed by atoms with Gasteiger partial charge in [-0.2, -0.15) is 0 Å². The van der Waals surface area contributed by atoms with Crippen molar-refractivity contribution in [3.8, 4) is 46.0 Å². The third-order valence-corrected chi connectivity index (χ3v) is 7.58. The summed E-state index contributed by atoms with van der Waals surface area (Å²) in [6, 6.07) is 16.8. The fourth-order valence-electron chi connectivity index (χ4n) is 6.02. The van der Waals surface area contributed by atoms with Crippen molar-refractivity contribution in [2.45, 2.75) is 23.9 Å². The highest BCUT2D eigenvalue weighted by Gasteiger charge is 2.48. The standard InChI is InChI=1S/C31H30O9/c1-38-25-10-15(4-6-22(25)35)27-28(17-8-18(32)12-19(33)9-17)30(21-13-20(34)14-24(37)29(21)27)31(40-3)16-5-7-23(36)26(11-16)39-2/h4-14,27-28,30-37H,1-3H3. The molecular formula is C31H30O9. The van der Waals surface area contributed by atoms with Crippen LogP contribution in [0.3, 0.4) is 0 Å². The number of rotatable bonds is 7. The molecule has 9 heteroatoms. The first-order valence-electron chi connectivity index (χ1n) is 12.5. The average molecular weight is 547 g/mol. The van der Waals surface area contributed by atoms with Gasteiger partial charge in [0.1, 0.15) is 23.0 Å². The summed E-state index contributed by atoms with van der Waals surface area (Å²) in [7, 11) is 4.40. The number of methoxy groups -OCH3 is 3. The quantitative estimate of drug-likeness (QED) is 0.181. The van der Waals surface area contributed by atoms with Gasteiger partial charge < -0.3 is 44.8 Å². The van der Waals surface area contributed by atoms with Gasteiger partial charge in [-0.05, 0) is 64.7 Å². The van der Waals surface area contributed by atoms with Gasteiger partial charge in [-0.1, -0.05) is 12.1 Å². The second-order valence-electron chi connectivity index (χ2n) is 9.80. The molecule has 0 radical (unpaired) electrons. The Morgan fingerprint density at radius 1 is 0.600 bits per heavy atom. The molecule has 0 saturated heterocycles. The van der Waals surface area contributed by atoms with Crippen molar-refractivity contribution in [1.29, 1.82) is 0 Å². The van der Waals surface area contributed by atoms with Crippen molar-refractivity contribution < 1.29 is 44.8 Å². The van der Waals surface area contributed by atoms with Crippen LogP contribution in [0.2, 0.25) is 0 Å². The van der Waals surface area contributed by atoms with Gasteiger partial charge in [-0.25, -0.2) is 0 Å². The van der Waals surface area contributed by atoms with E-state index >= 15 is 0 Å². The molecule has 0 bridgehead atoms. The van der Waals surface area contributed by atoms with Crippen LogP contribution < -0.4 is 9.47 Å². The van der Waals surface area contributed by atoms with E-state index in [-0.39, 0.29) is 46.0 Å². The summed E-state index contributed by atoms with van der Waals surface area (Å²) in [6.07, 6.45) is -0.701. The van der Waals surface area contributed by atoms with Crippen molar-refractivity contribution in [3.05, 3.63) is 94.5 Å². The van der Waals surface area contributed by atoms with Crippen molar-refractivity contribution in [1.82, 2.24) is 0 Å². The molecule has 208 valence electrons. The predicted molar refractivity (Wildman–Crippen MR) is 146 cm³/mol. The molecule has 4 unspecified atom stereocenters. The smallest absolute Gasteiger partial charge is 0.160 e. The number of phenolic OH excluding ortho intramolecular Hbond substituents is 6. The van der Waals surface area contributed by atoms with Gasteiger partial charge in [0.15, 0.2) is 23.0 Å². The maximum atomic E-state index is 11.2. The fourth-order valence-corrected chi connectivity index (χ4v) is 6.02. The molecule has 0 aliphatic heterocycles. The molecule has 5 rings (SSSR count). The molecular weight excluding hydrogens is 516 g/mol. The molecule has 0 fully saturated rings. The van der Waals surface area contributed by atoms with Crippen molar-refractivity contribution in [3.63, 3.8) is 0 Å². The van der Waals surface area contributed by atoms with E-state index in [4.69, 9.17) is 14.2 Å². The minimum atomic E-state index is -0.701. The monoisotopic (exact) mass is 546 g/mol. The molecule has 1 aliphatic carbocycles. The van der Waals surface area contributed by atoms with Gasteiger partial charge in [-0.15, -0.1) is 0 Å². The Labute approximate surface area is 230 Å². The Kier molecular flexibility index (Phi) is 6.99. The number of hydrogen-bond donors (Lipinski definition) is 6. The predicted octanol–water partition coefficient (Wildman–Crippen LogP) is 5.34. The van der Waals surface area contributed by atoms with Crippen LogP contribution in [0.5, 0.6) is 46.0 Å². The van der Waals surface area contributed by atoms with Crippen molar-refractivity contribution in [2.24, 2.45) is 0 Å². The summed E-state index contributed by atoms with van der Waals surface area (Å²) in [6.45, 7) is 0. The first-order chi connectivity index (χ1) is 19.2. The summed E-state index contributed by atoms with van der Waals surface area (Å²) < 4.78 is 16.8. The molecule has 6 N–H and O–H groups in total. The molecule has 1 aliphatic rings. The van der Waals surface area contributed by atoms with E-state index in [1.807, 2.05) is 0 Å². The summed E-state index contributed by atoms with van der Waals surface area (Å²) in [4.78, 5) is 0. The fraction of sp³-hybridized carbons (Fsp3) is 0.226. The molecule has 0 aromatic heterocycles. The first-order valence-corrected chi connectivity index (χ1v) is 12.5. The molecule has 0 amide bonds. The Morgan fingerprint density at radius 3 is 1.82 bits per heavy atom. The molecule has 4 aromatic carbocycles. The number of ether oxygens (including phenoxy) is 3. The lowest BCUT2D eigenvalue weighted by Gasteiger charge is -2.32. The molecule has 0 heterocycles. The van der Waals surface area contributed by atoms with E-state index < -0.39 is 23.9 Å². The number of fused-ring (bicyclic) bond motifs is 1. The van der Waals surface area contributed by atoms with E-state index in [0.717, 1.165) is 0 Å². The molecule has 0 saturated carbocycles. The minimum absolute atomic E-state index is 0.0493. The number of benzene rings is 4. The highest BCUT2D eigenvalue weighted by atomic mass is 16.5. The van der Waals surface area contributed by atoms with Gasteiger partial charge >= 0.3 is 0 Å². The molecule has 0 spiro atoms. The van der Waals surface area contributed by atoms with Gasteiger partial charge in [0.25, 0.3) is 0 Å². The summed E-state index contributed by atoms with van der Waals surface area (Å²) in [5, 5.41) is 63.2. The summed E-state index contributed by atoms with van der Waals surface area (Å²) in [5.74, 6) is -2.00. The van der Waals surface area contributed by atoms with Gasteiger partial charge in [0, 0.05) is 42.6 Å². The molecule has 40 heavy (non-hydrogen) atoms. The van der Waals surface area contributed by atoms with Crippen molar-refractivity contribution >= 4 is 0 Å². The average Bonchev–Trinajstić information content (AvgIpc) is 3.25. The second-order valence-corrected chi connectivity index (χ2v) is 9.80. The number of aromatic hydroxyl groups is 6. The second kappa shape index (κ2) is 10.4. The summed E-state index contributed by atoms with van der Waals surface area (Å²) >= 11 is 0. The third kappa shape index (κ3) is 4.54. The lowest BCUT2D eigenvalue weighted by molar-refractivity contribution is 0.0715. The van der Waals surface area contributed by atoms with Crippen LogP contribution >= 0.6 is 0 Å². The van der Waals surface area contributed by atoms with Crippen LogP contribution in [0.1, 0.15) is 51.7 Å². The van der Waals surface area contributed by atoms with Crippen LogP contribution in [0.15, 0.2) is 66.7 Å². The largest absolute Gasteiger partial charge is 0.508 e. The van der Waals surface area contributed by atoms with Gasteiger partial charge in [0.2, 0.25) is 0 Å². The highest BCUT2D eigenvalue weighted by Crippen LogP contribution is 2.63. The van der Waals surface area contributed by atoms with E-state index in [1.165, 1.54) is 57.7 Å². The number of phenols is 6. The topological polar surface area (TPSA) is 149 Å². The molecule has 9 nitrogen and oxygen atoms in total. The van der Waals surface area contributed by atoms with E-state index in [9.17, 15) is 30.6 Å². The number of hydrogen-bond acceptors (Lipinski definition) is 9. The molecule has 4 aromatic rings. The Bertz CT molecular complexity index is 1540. The van der Waals surface area contributed by atoms with E-state index in [0.29, 0.717) is 27.8 Å². The maximum absolute atomic E-state index is 11.2. The van der Waals surface area contributed by atoms with Gasteiger partial charge in [0.05, 0.1) is 20.3 Å².